The second-order valence-corrected chi connectivity index (χ2v) is 6.59. The molecule has 3 atom stereocenters. The minimum absolute atomic E-state index is 0.0304. The van der Waals surface area contributed by atoms with E-state index in [1.165, 1.54) is 19.2 Å². The normalized spacial score (nSPS) is 24.9. The van der Waals surface area contributed by atoms with Gasteiger partial charge >= 0.3 is 0 Å². The predicted octanol–water partition coefficient (Wildman–Crippen LogP) is 1.81. The van der Waals surface area contributed by atoms with Gasteiger partial charge in [0.2, 0.25) is 0 Å². The molecule has 1 saturated heterocycles. The van der Waals surface area contributed by atoms with Gasteiger partial charge in [0, 0.05) is 25.2 Å². The van der Waals surface area contributed by atoms with Gasteiger partial charge in [-0.05, 0) is 31.6 Å². The van der Waals surface area contributed by atoms with Crippen LogP contribution >= 0.6 is 0 Å². The largest absolute Gasteiger partial charge is 0.493 e. The summed E-state index contributed by atoms with van der Waals surface area (Å²) in [4.78, 5) is 25.5. The van der Waals surface area contributed by atoms with Crippen molar-refractivity contribution in [3.05, 3.63) is 27.8 Å². The van der Waals surface area contributed by atoms with Crippen molar-refractivity contribution in [2.45, 2.75) is 25.8 Å². The van der Waals surface area contributed by atoms with Gasteiger partial charge in [0.15, 0.2) is 11.5 Å². The maximum Gasteiger partial charge on any atom is 0.286 e. The molecule has 2 N–H and O–H groups in total. The number of nitrogens with zero attached hydrogens (tertiary/aromatic N) is 2. The molecule has 8 nitrogen and oxygen atoms in total. The third kappa shape index (κ3) is 3.13. The van der Waals surface area contributed by atoms with Crippen LogP contribution in [0.25, 0.3) is 0 Å². The summed E-state index contributed by atoms with van der Waals surface area (Å²) in [6, 6.07) is 2.77. The van der Waals surface area contributed by atoms with Crippen molar-refractivity contribution in [2.75, 3.05) is 26.8 Å². The van der Waals surface area contributed by atoms with E-state index in [-0.39, 0.29) is 34.9 Å². The molecule has 0 bridgehead atoms. The van der Waals surface area contributed by atoms with E-state index in [9.17, 15) is 14.9 Å². The van der Waals surface area contributed by atoms with E-state index >= 15 is 0 Å². The van der Waals surface area contributed by atoms with Gasteiger partial charge in [0.25, 0.3) is 11.6 Å². The van der Waals surface area contributed by atoms with Crippen LogP contribution in [0.3, 0.4) is 0 Å². The molecule has 1 aliphatic heterocycles. The van der Waals surface area contributed by atoms with E-state index in [4.69, 9.17) is 15.2 Å². The van der Waals surface area contributed by atoms with Gasteiger partial charge in [-0.15, -0.1) is 0 Å². The molecule has 0 aromatic heterocycles. The number of methoxy groups -OCH3 is 1. The Morgan fingerprint density at radius 1 is 1.36 bits per heavy atom. The number of ether oxygens (including phenoxy) is 2. The van der Waals surface area contributed by atoms with E-state index in [1.807, 2.05) is 0 Å². The van der Waals surface area contributed by atoms with Crippen molar-refractivity contribution in [2.24, 2.45) is 17.6 Å². The molecule has 1 aromatic carbocycles. The highest BCUT2D eigenvalue weighted by Gasteiger charge is 2.43. The minimum atomic E-state index is -0.561. The van der Waals surface area contributed by atoms with Crippen LogP contribution in [-0.2, 0) is 0 Å². The molecule has 1 aliphatic carbocycles. The molecule has 1 amide bonds. The summed E-state index contributed by atoms with van der Waals surface area (Å²) in [5, 5.41) is 11.4. The van der Waals surface area contributed by atoms with Crippen molar-refractivity contribution in [3.63, 3.8) is 0 Å². The van der Waals surface area contributed by atoms with E-state index < -0.39 is 4.92 Å². The fourth-order valence-corrected chi connectivity index (χ4v) is 3.94. The Kier molecular flexibility index (Phi) is 4.80. The number of benzene rings is 1. The molecule has 8 heteroatoms. The smallest absolute Gasteiger partial charge is 0.286 e. The molecule has 25 heavy (non-hydrogen) atoms. The van der Waals surface area contributed by atoms with Crippen LogP contribution in [0.15, 0.2) is 12.1 Å². The Morgan fingerprint density at radius 3 is 2.72 bits per heavy atom. The maximum atomic E-state index is 13.0. The molecular formula is C17H23N3O5. The lowest BCUT2D eigenvalue weighted by Gasteiger charge is -2.19. The van der Waals surface area contributed by atoms with E-state index in [0.717, 1.165) is 12.8 Å². The standard InChI is InChI=1S/C17H23N3O5/c1-3-25-16-6-11(14(20(22)23)7-15(16)24-2)17(21)19-8-10-4-5-13(18)12(10)9-19/h6-7,10,12-13H,3-5,8-9,18H2,1-2H3. The number of likely N-dealkylation sites (tertiary alicyclic amines) is 1. The number of amides is 1. The lowest BCUT2D eigenvalue weighted by atomic mass is 9.98. The molecular weight excluding hydrogens is 326 g/mol. The SMILES string of the molecule is CCOc1cc(C(=O)N2CC3CCC(N)C3C2)c([N+](=O)[O-])cc1OC. The summed E-state index contributed by atoms with van der Waals surface area (Å²) in [6.45, 7) is 3.32. The van der Waals surface area contributed by atoms with Gasteiger partial charge in [0.1, 0.15) is 5.56 Å². The number of nitro benzene ring substituents is 1. The van der Waals surface area contributed by atoms with Crippen LogP contribution in [0.2, 0.25) is 0 Å². The Bertz CT molecular complexity index is 693. The first-order chi connectivity index (χ1) is 12.0. The number of carbonyl (C=O) groups excluding carboxylic acids is 1. The second kappa shape index (κ2) is 6.87. The molecule has 2 fully saturated rings. The summed E-state index contributed by atoms with van der Waals surface area (Å²) in [6.07, 6.45) is 1.99. The zero-order valence-electron chi connectivity index (χ0n) is 14.4. The molecule has 3 unspecified atom stereocenters. The van der Waals surface area contributed by atoms with Gasteiger partial charge in [-0.1, -0.05) is 0 Å². The van der Waals surface area contributed by atoms with Crippen LogP contribution in [-0.4, -0.2) is 48.6 Å². The highest BCUT2D eigenvalue weighted by molar-refractivity contribution is 5.99. The molecule has 1 saturated carbocycles. The average molecular weight is 349 g/mol. The Morgan fingerprint density at radius 2 is 2.12 bits per heavy atom. The fraction of sp³-hybridized carbons (Fsp3) is 0.588. The average Bonchev–Trinajstić information content (AvgIpc) is 3.16. The van der Waals surface area contributed by atoms with Gasteiger partial charge < -0.3 is 20.1 Å². The van der Waals surface area contributed by atoms with Gasteiger partial charge in [-0.25, -0.2) is 0 Å². The molecule has 136 valence electrons. The monoisotopic (exact) mass is 349 g/mol. The summed E-state index contributed by atoms with van der Waals surface area (Å²) in [7, 11) is 1.41. The summed E-state index contributed by atoms with van der Waals surface area (Å²) < 4.78 is 10.6. The first-order valence-electron chi connectivity index (χ1n) is 8.50. The number of hydrogen-bond acceptors (Lipinski definition) is 6. The van der Waals surface area contributed by atoms with Crippen molar-refractivity contribution in [1.29, 1.82) is 0 Å². The lowest BCUT2D eigenvalue weighted by molar-refractivity contribution is -0.385. The zero-order valence-corrected chi connectivity index (χ0v) is 14.4. The first kappa shape index (κ1) is 17.5. The predicted molar refractivity (Wildman–Crippen MR) is 90.9 cm³/mol. The number of hydrogen-bond donors (Lipinski definition) is 1. The van der Waals surface area contributed by atoms with E-state index in [0.29, 0.717) is 31.4 Å². The minimum Gasteiger partial charge on any atom is -0.493 e. The Hall–Kier alpha value is -2.35. The van der Waals surface area contributed by atoms with E-state index in [2.05, 4.69) is 0 Å². The first-order valence-corrected chi connectivity index (χ1v) is 8.50. The van der Waals surface area contributed by atoms with Crippen LogP contribution in [0, 0.1) is 22.0 Å². The topological polar surface area (TPSA) is 108 Å². The molecule has 0 spiro atoms. The van der Waals surface area contributed by atoms with Crippen molar-refractivity contribution >= 4 is 11.6 Å². The highest BCUT2D eigenvalue weighted by atomic mass is 16.6. The van der Waals surface area contributed by atoms with Crippen LogP contribution in [0.4, 0.5) is 5.69 Å². The molecule has 1 aromatic rings. The quantitative estimate of drug-likeness (QED) is 0.641. The second-order valence-electron chi connectivity index (χ2n) is 6.59. The van der Waals surface area contributed by atoms with Gasteiger partial charge in [0.05, 0.1) is 24.7 Å². The summed E-state index contributed by atoms with van der Waals surface area (Å²) in [5.74, 6) is 0.896. The molecule has 3 rings (SSSR count). The molecule has 0 radical (unpaired) electrons. The van der Waals surface area contributed by atoms with Crippen molar-refractivity contribution in [3.8, 4) is 11.5 Å². The highest BCUT2D eigenvalue weighted by Crippen LogP contribution is 2.40. The number of nitrogens with two attached hydrogens (primary N) is 1. The number of carbonyl (C=O) groups is 1. The Balaban J connectivity index is 1.93. The summed E-state index contributed by atoms with van der Waals surface area (Å²) >= 11 is 0. The van der Waals surface area contributed by atoms with Crippen LogP contribution in [0.1, 0.15) is 30.1 Å². The molecule has 1 heterocycles. The summed E-state index contributed by atoms with van der Waals surface area (Å²) in [5.41, 5.74) is 5.88. The number of nitro groups is 1. The van der Waals surface area contributed by atoms with Crippen molar-refractivity contribution in [1.82, 2.24) is 4.90 Å². The number of rotatable bonds is 5. The van der Waals surface area contributed by atoms with Crippen LogP contribution < -0.4 is 15.2 Å². The maximum absolute atomic E-state index is 13.0. The van der Waals surface area contributed by atoms with Crippen LogP contribution in [0.5, 0.6) is 11.5 Å². The Labute approximate surface area is 146 Å². The van der Waals surface area contributed by atoms with Crippen molar-refractivity contribution < 1.29 is 19.2 Å². The third-order valence-corrected chi connectivity index (χ3v) is 5.21. The lowest BCUT2D eigenvalue weighted by Crippen LogP contribution is -2.33. The van der Waals surface area contributed by atoms with E-state index in [1.54, 1.807) is 11.8 Å². The van der Waals surface area contributed by atoms with Gasteiger partial charge in [-0.2, -0.15) is 0 Å². The fourth-order valence-electron chi connectivity index (χ4n) is 3.94. The third-order valence-electron chi connectivity index (χ3n) is 5.21. The number of fused-ring (bicyclic) bond motifs is 1. The zero-order chi connectivity index (χ0) is 18.1. The molecule has 2 aliphatic rings. The van der Waals surface area contributed by atoms with Gasteiger partial charge in [-0.3, -0.25) is 14.9 Å².